The van der Waals surface area contributed by atoms with Crippen LogP contribution in [0.2, 0.25) is 5.02 Å². The molecule has 2 aromatic heterocycles. The molecular weight excluding hydrogens is 599 g/mol. The first-order valence-corrected chi connectivity index (χ1v) is 14.3. The summed E-state index contributed by atoms with van der Waals surface area (Å²) < 4.78 is 91.3. The lowest BCUT2D eigenvalue weighted by Gasteiger charge is -2.36. The van der Waals surface area contributed by atoms with Crippen molar-refractivity contribution in [3.8, 4) is 23.1 Å². The zero-order valence-electron chi connectivity index (χ0n) is 23.1. The second-order valence-electron chi connectivity index (χ2n) is 11.8. The number of likely N-dealkylation sites (N-methyl/N-ethyl adjacent to an activating group) is 1. The molecule has 43 heavy (non-hydrogen) atoms. The monoisotopic (exact) mass is 626 g/mol. The molecule has 4 aliphatic heterocycles. The predicted molar refractivity (Wildman–Crippen MR) is 148 cm³/mol. The molecule has 0 bridgehead atoms. The van der Waals surface area contributed by atoms with E-state index in [4.69, 9.17) is 31.5 Å². The molecule has 4 aliphatic rings. The molecule has 1 unspecified atom stereocenters. The number of halogens is 6. The molecule has 230 valence electrons. The summed E-state index contributed by atoms with van der Waals surface area (Å²) in [5.41, 5.74) is 1.52. The van der Waals surface area contributed by atoms with Gasteiger partial charge in [-0.05, 0) is 37.9 Å². The Morgan fingerprint density at radius 1 is 1.19 bits per heavy atom. The van der Waals surface area contributed by atoms with Crippen LogP contribution in [0, 0.1) is 5.82 Å². The van der Waals surface area contributed by atoms with Crippen molar-refractivity contribution in [2.75, 3.05) is 57.2 Å². The molecule has 0 amide bonds. The molecule has 2 N–H and O–H groups in total. The van der Waals surface area contributed by atoms with Crippen molar-refractivity contribution in [1.29, 1.82) is 0 Å². The highest BCUT2D eigenvalue weighted by atomic mass is 35.5. The summed E-state index contributed by atoms with van der Waals surface area (Å²) >= 11 is 5.98. The molecular formula is C28H28ClF5N6O3. The van der Waals surface area contributed by atoms with Gasteiger partial charge in [-0.15, -0.1) is 0 Å². The number of anilines is 2. The second-order valence-corrected chi connectivity index (χ2v) is 12.2. The Balaban J connectivity index is 1.41. The summed E-state index contributed by atoms with van der Waals surface area (Å²) in [6.45, 7) is 1.88. The number of nitrogens with zero attached hydrogens (tertiary/aromatic N) is 5. The third-order valence-corrected chi connectivity index (χ3v) is 9.48. The molecule has 1 spiro atoms. The molecule has 1 aromatic carbocycles. The minimum absolute atomic E-state index is 0.0446. The number of ether oxygens (including phenoxy) is 3. The molecule has 0 radical (unpaired) electrons. The van der Waals surface area contributed by atoms with Gasteiger partial charge >= 0.3 is 12.2 Å². The van der Waals surface area contributed by atoms with Crippen molar-refractivity contribution in [3.05, 3.63) is 28.5 Å². The number of alkyl halides is 4. The molecule has 15 heteroatoms. The largest absolute Gasteiger partial charge is 0.474 e. The van der Waals surface area contributed by atoms with Gasteiger partial charge in [-0.1, -0.05) is 11.6 Å². The molecule has 3 aromatic rings. The first-order valence-electron chi connectivity index (χ1n) is 13.9. The van der Waals surface area contributed by atoms with Crippen LogP contribution in [-0.2, 0) is 10.9 Å². The van der Waals surface area contributed by atoms with Crippen molar-refractivity contribution in [3.63, 3.8) is 0 Å². The number of rotatable bonds is 4. The van der Waals surface area contributed by atoms with Crippen LogP contribution in [0.4, 0.5) is 33.5 Å². The fourth-order valence-electron chi connectivity index (χ4n) is 6.94. The van der Waals surface area contributed by atoms with E-state index in [0.29, 0.717) is 26.0 Å². The van der Waals surface area contributed by atoms with Gasteiger partial charge in [0.15, 0.2) is 5.82 Å². The van der Waals surface area contributed by atoms with Gasteiger partial charge in [-0.2, -0.15) is 23.1 Å². The van der Waals surface area contributed by atoms with E-state index in [1.807, 2.05) is 0 Å². The van der Waals surface area contributed by atoms with Gasteiger partial charge in [0.1, 0.15) is 47.3 Å². The van der Waals surface area contributed by atoms with E-state index in [1.165, 1.54) is 0 Å². The summed E-state index contributed by atoms with van der Waals surface area (Å²) in [6.07, 6.45) is -3.47. The standard InChI is InChI=1S/C28H28ClF5N6O3/c1-39-23-18-22(37-25(38-23)43-12-26-3-2-5-40(26)10-14(30)9-26)20(31)21(36-24(18)42-13-27(39)4-6-41-11-27)16-7-15(35)8-17(29)19(16)28(32,33)34/h7-8,14H,2-6,9-13,35H2,1H3/t14-,26+,27?/m1/s1. The zero-order valence-corrected chi connectivity index (χ0v) is 23.9. The maximum atomic E-state index is 16.5. The fourth-order valence-corrected chi connectivity index (χ4v) is 7.28. The Hall–Kier alpha value is -3.23. The van der Waals surface area contributed by atoms with Gasteiger partial charge in [0, 0.05) is 37.9 Å². The van der Waals surface area contributed by atoms with Crippen LogP contribution < -0.4 is 20.1 Å². The highest BCUT2D eigenvalue weighted by molar-refractivity contribution is 6.32. The van der Waals surface area contributed by atoms with Crippen LogP contribution in [0.15, 0.2) is 12.1 Å². The third kappa shape index (κ3) is 4.51. The highest BCUT2D eigenvalue weighted by Crippen LogP contribution is 2.47. The average Bonchev–Trinajstić information content (AvgIpc) is 3.62. The quantitative estimate of drug-likeness (QED) is 0.316. The zero-order chi connectivity index (χ0) is 30.3. The number of pyridine rings is 1. The lowest BCUT2D eigenvalue weighted by Crippen LogP contribution is -2.51. The number of nitrogens with two attached hydrogens (primary N) is 1. The average molecular weight is 627 g/mol. The van der Waals surface area contributed by atoms with Crippen LogP contribution in [0.25, 0.3) is 22.2 Å². The van der Waals surface area contributed by atoms with Crippen molar-refractivity contribution in [2.24, 2.45) is 0 Å². The van der Waals surface area contributed by atoms with Gasteiger partial charge in [-0.3, -0.25) is 4.90 Å². The van der Waals surface area contributed by atoms with E-state index < -0.39 is 51.1 Å². The van der Waals surface area contributed by atoms with E-state index >= 15 is 4.39 Å². The maximum Gasteiger partial charge on any atom is 0.418 e. The van der Waals surface area contributed by atoms with Crippen molar-refractivity contribution in [1.82, 2.24) is 19.9 Å². The van der Waals surface area contributed by atoms with E-state index in [9.17, 15) is 17.6 Å². The van der Waals surface area contributed by atoms with Crippen molar-refractivity contribution < 1.29 is 36.2 Å². The predicted octanol–water partition coefficient (Wildman–Crippen LogP) is 5.03. The van der Waals surface area contributed by atoms with Gasteiger partial charge in [0.2, 0.25) is 5.88 Å². The van der Waals surface area contributed by atoms with E-state index in [0.717, 1.165) is 31.5 Å². The van der Waals surface area contributed by atoms with Gasteiger partial charge in [0.05, 0.1) is 22.7 Å². The summed E-state index contributed by atoms with van der Waals surface area (Å²) in [4.78, 5) is 17.1. The van der Waals surface area contributed by atoms with Gasteiger partial charge in [0.25, 0.3) is 0 Å². The summed E-state index contributed by atoms with van der Waals surface area (Å²) in [5.74, 6) is -1.07. The van der Waals surface area contributed by atoms with Gasteiger partial charge in [-0.25, -0.2) is 13.8 Å². The van der Waals surface area contributed by atoms with Crippen LogP contribution >= 0.6 is 11.6 Å². The van der Waals surface area contributed by atoms with E-state index in [-0.39, 0.29) is 54.1 Å². The van der Waals surface area contributed by atoms with E-state index in [1.54, 1.807) is 11.9 Å². The Labute approximate surface area is 248 Å². The molecule has 0 saturated carbocycles. The number of aromatic nitrogens is 3. The molecule has 6 heterocycles. The SMILES string of the molecule is CN1c2nc(OC[C@@]34CCCN3C[C@H](F)C4)nc3c(F)c(-c4cc(N)cc(Cl)c4C(F)(F)F)nc(c23)OCC12CCOC2. The third-order valence-electron chi connectivity index (χ3n) is 9.18. The number of fused-ring (bicyclic) bond motifs is 1. The van der Waals surface area contributed by atoms with Crippen LogP contribution in [0.5, 0.6) is 11.9 Å². The number of nitrogen functional groups attached to an aromatic ring is 1. The van der Waals surface area contributed by atoms with Crippen LogP contribution in [0.1, 0.15) is 31.2 Å². The van der Waals surface area contributed by atoms with Gasteiger partial charge < -0.3 is 24.8 Å². The van der Waals surface area contributed by atoms with Crippen molar-refractivity contribution in [2.45, 2.75) is 49.1 Å². The Morgan fingerprint density at radius 3 is 2.74 bits per heavy atom. The minimum Gasteiger partial charge on any atom is -0.474 e. The Bertz CT molecular complexity index is 1620. The normalized spacial score (nSPS) is 27.1. The summed E-state index contributed by atoms with van der Waals surface area (Å²) in [6, 6.07) is 1.71. The Kier molecular flexibility index (Phi) is 6.57. The first-order chi connectivity index (χ1) is 20.4. The second kappa shape index (κ2) is 9.89. The Morgan fingerprint density at radius 2 is 2.00 bits per heavy atom. The van der Waals surface area contributed by atoms with Crippen LogP contribution in [0.3, 0.4) is 0 Å². The highest BCUT2D eigenvalue weighted by Gasteiger charge is 2.50. The lowest BCUT2D eigenvalue weighted by molar-refractivity contribution is -0.137. The van der Waals surface area contributed by atoms with Crippen molar-refractivity contribution >= 4 is 34.0 Å². The minimum atomic E-state index is -4.95. The molecule has 3 atom stereocenters. The maximum absolute atomic E-state index is 16.5. The number of hydrogen-bond acceptors (Lipinski definition) is 9. The molecule has 3 fully saturated rings. The summed E-state index contributed by atoms with van der Waals surface area (Å²) in [5, 5.41) is -0.623. The van der Waals surface area contributed by atoms with E-state index in [2.05, 4.69) is 19.9 Å². The molecule has 9 nitrogen and oxygen atoms in total. The topological polar surface area (TPSA) is 98.9 Å². The number of benzene rings is 1. The van der Waals surface area contributed by atoms with Crippen LogP contribution in [-0.4, -0.2) is 83.7 Å². The molecule has 0 aliphatic carbocycles. The smallest absolute Gasteiger partial charge is 0.418 e. The fraction of sp³-hybridized carbons (Fsp3) is 0.536. The number of hydrogen-bond donors (Lipinski definition) is 1. The first kappa shape index (κ1) is 28.5. The lowest BCUT2D eigenvalue weighted by atomic mass is 9.95. The molecule has 3 saturated heterocycles. The molecule has 7 rings (SSSR count). The summed E-state index contributed by atoms with van der Waals surface area (Å²) in [7, 11) is 1.76.